The highest BCUT2D eigenvalue weighted by molar-refractivity contribution is 5.75. The second-order valence-electron chi connectivity index (χ2n) is 5.33. The predicted octanol–water partition coefficient (Wildman–Crippen LogP) is 2.29. The van der Waals surface area contributed by atoms with Gasteiger partial charge >= 0.3 is 5.97 Å². The van der Waals surface area contributed by atoms with Crippen molar-refractivity contribution in [3.05, 3.63) is 0 Å². The van der Waals surface area contributed by atoms with E-state index in [0.29, 0.717) is 31.8 Å². The maximum Gasteiger partial charge on any atom is 0.303 e. The SMILES string of the molecule is CCCC(CCN)CCC(=O)NCCCCCC(=O)O. The Bertz CT molecular complexity index is 264. The molecule has 0 bridgehead atoms. The second-order valence-corrected chi connectivity index (χ2v) is 5.33. The van der Waals surface area contributed by atoms with Crippen LogP contribution in [-0.4, -0.2) is 30.1 Å². The summed E-state index contributed by atoms with van der Waals surface area (Å²) in [5.74, 6) is -0.0939. The molecule has 0 rings (SSSR count). The third kappa shape index (κ3) is 12.0. The van der Waals surface area contributed by atoms with Crippen LogP contribution in [0.2, 0.25) is 0 Å². The number of carboxylic acid groups (broad SMARTS) is 1. The average Bonchev–Trinajstić information content (AvgIpc) is 2.40. The van der Waals surface area contributed by atoms with Crippen LogP contribution in [0.15, 0.2) is 0 Å². The second kappa shape index (κ2) is 12.9. The number of hydrogen-bond donors (Lipinski definition) is 3. The third-order valence-corrected chi connectivity index (χ3v) is 3.44. The van der Waals surface area contributed by atoms with Crippen molar-refractivity contribution >= 4 is 11.9 Å². The maximum absolute atomic E-state index is 11.7. The molecule has 1 atom stereocenters. The molecular formula is C15H30N2O3. The topological polar surface area (TPSA) is 92.4 Å². The first-order valence-electron chi connectivity index (χ1n) is 7.78. The van der Waals surface area contributed by atoms with Crippen LogP contribution in [-0.2, 0) is 9.59 Å². The maximum atomic E-state index is 11.7. The molecule has 20 heavy (non-hydrogen) atoms. The van der Waals surface area contributed by atoms with Crippen molar-refractivity contribution in [1.82, 2.24) is 5.32 Å². The van der Waals surface area contributed by atoms with Gasteiger partial charge in [0.05, 0.1) is 0 Å². The van der Waals surface area contributed by atoms with E-state index in [1.807, 2.05) is 0 Å². The minimum absolute atomic E-state index is 0.0985. The van der Waals surface area contributed by atoms with Gasteiger partial charge in [0.25, 0.3) is 0 Å². The van der Waals surface area contributed by atoms with Crippen molar-refractivity contribution in [2.75, 3.05) is 13.1 Å². The van der Waals surface area contributed by atoms with Gasteiger partial charge in [-0.3, -0.25) is 9.59 Å². The van der Waals surface area contributed by atoms with Crippen LogP contribution in [0.5, 0.6) is 0 Å². The molecular weight excluding hydrogens is 256 g/mol. The lowest BCUT2D eigenvalue weighted by Gasteiger charge is -2.14. The molecule has 1 amide bonds. The lowest BCUT2D eigenvalue weighted by Crippen LogP contribution is -2.25. The fourth-order valence-corrected chi connectivity index (χ4v) is 2.31. The Labute approximate surface area is 122 Å². The molecule has 0 aromatic heterocycles. The van der Waals surface area contributed by atoms with E-state index in [-0.39, 0.29) is 12.3 Å². The summed E-state index contributed by atoms with van der Waals surface area (Å²) in [6.07, 6.45) is 7.34. The fourth-order valence-electron chi connectivity index (χ4n) is 2.31. The molecule has 0 saturated heterocycles. The molecule has 0 aromatic carbocycles. The Balaban J connectivity index is 3.54. The molecule has 0 aliphatic rings. The molecule has 5 heteroatoms. The molecule has 1 unspecified atom stereocenters. The zero-order valence-corrected chi connectivity index (χ0v) is 12.7. The first-order valence-corrected chi connectivity index (χ1v) is 7.78. The number of carbonyl (C=O) groups excluding carboxylic acids is 1. The van der Waals surface area contributed by atoms with Crippen LogP contribution in [0.1, 0.15) is 64.7 Å². The lowest BCUT2D eigenvalue weighted by molar-refractivity contribution is -0.137. The fraction of sp³-hybridized carbons (Fsp3) is 0.867. The average molecular weight is 286 g/mol. The van der Waals surface area contributed by atoms with E-state index in [2.05, 4.69) is 12.2 Å². The van der Waals surface area contributed by atoms with E-state index in [9.17, 15) is 9.59 Å². The van der Waals surface area contributed by atoms with E-state index in [1.54, 1.807) is 0 Å². The zero-order chi connectivity index (χ0) is 15.2. The number of carboxylic acids is 1. The van der Waals surface area contributed by atoms with Crippen LogP contribution < -0.4 is 11.1 Å². The number of amides is 1. The zero-order valence-electron chi connectivity index (χ0n) is 12.7. The lowest BCUT2D eigenvalue weighted by atomic mass is 9.94. The largest absolute Gasteiger partial charge is 0.481 e. The normalized spacial score (nSPS) is 12.1. The summed E-state index contributed by atoms with van der Waals surface area (Å²) >= 11 is 0. The van der Waals surface area contributed by atoms with Gasteiger partial charge in [-0.1, -0.05) is 26.2 Å². The number of carbonyl (C=O) groups is 2. The molecule has 0 aliphatic carbocycles. The van der Waals surface area contributed by atoms with Gasteiger partial charge in [0, 0.05) is 19.4 Å². The number of unbranched alkanes of at least 4 members (excludes halogenated alkanes) is 2. The molecule has 118 valence electrons. The van der Waals surface area contributed by atoms with Gasteiger partial charge in [0.15, 0.2) is 0 Å². The van der Waals surface area contributed by atoms with E-state index >= 15 is 0 Å². The summed E-state index contributed by atoms with van der Waals surface area (Å²) in [4.78, 5) is 22.0. The molecule has 0 aliphatic heterocycles. The summed E-state index contributed by atoms with van der Waals surface area (Å²) < 4.78 is 0. The summed E-state index contributed by atoms with van der Waals surface area (Å²) in [5.41, 5.74) is 5.57. The highest BCUT2D eigenvalue weighted by Gasteiger charge is 2.09. The van der Waals surface area contributed by atoms with Crippen LogP contribution in [0.25, 0.3) is 0 Å². The number of nitrogens with one attached hydrogen (secondary N) is 1. The van der Waals surface area contributed by atoms with E-state index in [4.69, 9.17) is 10.8 Å². The van der Waals surface area contributed by atoms with Gasteiger partial charge in [0.1, 0.15) is 0 Å². The number of rotatable bonds is 13. The van der Waals surface area contributed by atoms with Crippen molar-refractivity contribution in [3.63, 3.8) is 0 Å². The summed E-state index contributed by atoms with van der Waals surface area (Å²) in [7, 11) is 0. The van der Waals surface area contributed by atoms with Crippen molar-refractivity contribution < 1.29 is 14.7 Å². The van der Waals surface area contributed by atoms with Gasteiger partial charge in [-0.05, 0) is 38.1 Å². The van der Waals surface area contributed by atoms with Crippen LogP contribution >= 0.6 is 0 Å². The van der Waals surface area contributed by atoms with Crippen LogP contribution in [0.4, 0.5) is 0 Å². The summed E-state index contributed by atoms with van der Waals surface area (Å²) in [5, 5.41) is 11.4. The number of aliphatic carboxylic acids is 1. The molecule has 5 nitrogen and oxygen atoms in total. The summed E-state index contributed by atoms with van der Waals surface area (Å²) in [6, 6.07) is 0. The standard InChI is InChI=1S/C15H30N2O3/c1-2-6-13(10-11-16)8-9-14(18)17-12-5-3-4-7-15(19)20/h13H,2-12,16H2,1H3,(H,17,18)(H,19,20). The molecule has 0 saturated carbocycles. The number of hydrogen-bond acceptors (Lipinski definition) is 3. The molecule has 0 aromatic rings. The van der Waals surface area contributed by atoms with Gasteiger partial charge in [-0.25, -0.2) is 0 Å². The highest BCUT2D eigenvalue weighted by Crippen LogP contribution is 2.16. The molecule has 0 spiro atoms. The monoisotopic (exact) mass is 286 g/mol. The summed E-state index contributed by atoms with van der Waals surface area (Å²) in [6.45, 7) is 3.49. The minimum Gasteiger partial charge on any atom is -0.481 e. The Kier molecular flexibility index (Phi) is 12.2. The molecule has 0 fully saturated rings. The Hall–Kier alpha value is -1.10. The Morgan fingerprint density at radius 1 is 1.10 bits per heavy atom. The Morgan fingerprint density at radius 3 is 2.45 bits per heavy atom. The number of nitrogens with two attached hydrogens (primary N) is 1. The first kappa shape index (κ1) is 18.9. The minimum atomic E-state index is -0.754. The quantitative estimate of drug-likeness (QED) is 0.453. The van der Waals surface area contributed by atoms with E-state index in [0.717, 1.165) is 38.5 Å². The smallest absolute Gasteiger partial charge is 0.303 e. The highest BCUT2D eigenvalue weighted by atomic mass is 16.4. The van der Waals surface area contributed by atoms with Crippen molar-refractivity contribution in [2.45, 2.75) is 64.7 Å². The third-order valence-electron chi connectivity index (χ3n) is 3.44. The van der Waals surface area contributed by atoms with Gasteiger partial charge < -0.3 is 16.2 Å². The molecule has 0 heterocycles. The van der Waals surface area contributed by atoms with Crippen LogP contribution in [0.3, 0.4) is 0 Å². The van der Waals surface area contributed by atoms with Gasteiger partial charge in [-0.2, -0.15) is 0 Å². The predicted molar refractivity (Wildman–Crippen MR) is 80.4 cm³/mol. The van der Waals surface area contributed by atoms with Crippen LogP contribution in [0, 0.1) is 5.92 Å². The first-order chi connectivity index (χ1) is 9.60. The Morgan fingerprint density at radius 2 is 1.85 bits per heavy atom. The van der Waals surface area contributed by atoms with Crippen molar-refractivity contribution in [1.29, 1.82) is 0 Å². The van der Waals surface area contributed by atoms with Crippen molar-refractivity contribution in [3.8, 4) is 0 Å². The molecule has 4 N–H and O–H groups in total. The molecule has 0 radical (unpaired) electrons. The van der Waals surface area contributed by atoms with Gasteiger partial charge in [0.2, 0.25) is 5.91 Å². The van der Waals surface area contributed by atoms with Gasteiger partial charge in [-0.15, -0.1) is 0 Å². The van der Waals surface area contributed by atoms with E-state index in [1.165, 1.54) is 0 Å². The van der Waals surface area contributed by atoms with E-state index < -0.39 is 5.97 Å². The van der Waals surface area contributed by atoms with Crippen molar-refractivity contribution in [2.24, 2.45) is 11.7 Å².